The molecule has 0 aromatic heterocycles. The Balaban J connectivity index is 2.18. The van der Waals surface area contributed by atoms with Crippen molar-refractivity contribution in [1.29, 1.82) is 5.26 Å². The number of aryl methyl sites for hydroxylation is 2. The zero-order valence-corrected chi connectivity index (χ0v) is 14.1. The normalized spacial score (nSPS) is 10.8. The van der Waals surface area contributed by atoms with Crippen molar-refractivity contribution in [2.45, 2.75) is 13.8 Å². The number of nitrogen functional groups attached to an aromatic ring is 1. The molecule has 0 unspecified atom stereocenters. The SMILES string of the molecule is Cc1ccc(N)c(N/C=C(/C#N)C(=O)Nc2cc(Cl)ccc2C)c1. The highest BCUT2D eigenvalue weighted by molar-refractivity contribution is 6.31. The molecule has 0 spiro atoms. The minimum absolute atomic E-state index is 0.0738. The van der Waals surface area contributed by atoms with E-state index in [0.717, 1.165) is 11.1 Å². The number of nitrogens with zero attached hydrogens (tertiary/aromatic N) is 1. The quantitative estimate of drug-likeness (QED) is 0.445. The van der Waals surface area contributed by atoms with Crippen LogP contribution in [0.2, 0.25) is 5.02 Å². The molecule has 0 aliphatic carbocycles. The van der Waals surface area contributed by atoms with E-state index < -0.39 is 5.91 Å². The molecule has 0 radical (unpaired) electrons. The van der Waals surface area contributed by atoms with Crippen molar-refractivity contribution in [2.24, 2.45) is 0 Å². The Morgan fingerprint density at radius 2 is 1.96 bits per heavy atom. The number of nitrogens with one attached hydrogen (secondary N) is 2. The summed E-state index contributed by atoms with van der Waals surface area (Å²) in [7, 11) is 0. The molecule has 0 fully saturated rings. The Morgan fingerprint density at radius 1 is 1.21 bits per heavy atom. The van der Waals surface area contributed by atoms with E-state index in [4.69, 9.17) is 17.3 Å². The first-order valence-corrected chi connectivity index (χ1v) is 7.59. The largest absolute Gasteiger partial charge is 0.397 e. The molecule has 1 amide bonds. The zero-order valence-electron chi connectivity index (χ0n) is 13.4. The second-order valence-electron chi connectivity index (χ2n) is 5.32. The van der Waals surface area contributed by atoms with E-state index in [9.17, 15) is 10.1 Å². The van der Waals surface area contributed by atoms with Gasteiger partial charge in [-0.05, 0) is 49.2 Å². The van der Waals surface area contributed by atoms with Gasteiger partial charge in [-0.25, -0.2) is 0 Å². The van der Waals surface area contributed by atoms with Crippen molar-refractivity contribution in [2.75, 3.05) is 16.4 Å². The summed E-state index contributed by atoms with van der Waals surface area (Å²) >= 11 is 5.93. The number of nitriles is 1. The lowest BCUT2D eigenvalue weighted by molar-refractivity contribution is -0.112. The van der Waals surface area contributed by atoms with Crippen LogP contribution in [0, 0.1) is 25.2 Å². The van der Waals surface area contributed by atoms with Crippen LogP contribution >= 0.6 is 11.6 Å². The number of rotatable bonds is 4. The minimum Gasteiger partial charge on any atom is -0.397 e. The molecular formula is C18H17ClN4O. The third-order valence-corrected chi connectivity index (χ3v) is 3.63. The van der Waals surface area contributed by atoms with Crippen molar-refractivity contribution in [3.05, 3.63) is 64.3 Å². The van der Waals surface area contributed by atoms with E-state index in [1.165, 1.54) is 6.20 Å². The molecule has 5 nitrogen and oxygen atoms in total. The highest BCUT2D eigenvalue weighted by atomic mass is 35.5. The van der Waals surface area contributed by atoms with Gasteiger partial charge >= 0.3 is 0 Å². The second-order valence-corrected chi connectivity index (χ2v) is 5.75. The van der Waals surface area contributed by atoms with Gasteiger partial charge in [0.15, 0.2) is 0 Å². The van der Waals surface area contributed by atoms with Crippen LogP contribution in [-0.4, -0.2) is 5.91 Å². The van der Waals surface area contributed by atoms with Crippen molar-refractivity contribution >= 4 is 34.6 Å². The molecule has 0 atom stereocenters. The van der Waals surface area contributed by atoms with Crippen LogP contribution in [0.4, 0.5) is 17.1 Å². The third kappa shape index (κ3) is 4.28. The van der Waals surface area contributed by atoms with E-state index >= 15 is 0 Å². The van der Waals surface area contributed by atoms with Gasteiger partial charge in [0.05, 0.1) is 11.4 Å². The van der Waals surface area contributed by atoms with Gasteiger partial charge in [-0.2, -0.15) is 5.26 Å². The number of hydrogen-bond donors (Lipinski definition) is 3. The van der Waals surface area contributed by atoms with Crippen LogP contribution < -0.4 is 16.4 Å². The Hall–Kier alpha value is -2.97. The molecule has 0 bridgehead atoms. The standard InChI is InChI=1S/C18H17ClN4O/c1-11-3-6-15(21)17(7-11)22-10-13(9-20)18(24)23-16-8-14(19)5-4-12(16)2/h3-8,10,22H,21H2,1-2H3,(H,23,24)/b13-10-. The molecule has 6 heteroatoms. The average molecular weight is 341 g/mol. The maximum absolute atomic E-state index is 12.3. The highest BCUT2D eigenvalue weighted by Crippen LogP contribution is 2.22. The molecule has 0 aliphatic heterocycles. The van der Waals surface area contributed by atoms with Crippen LogP contribution in [-0.2, 0) is 4.79 Å². The Bertz CT molecular complexity index is 853. The predicted octanol–water partition coefficient (Wildman–Crippen LogP) is 4.00. The van der Waals surface area contributed by atoms with Crippen LogP contribution in [0.5, 0.6) is 0 Å². The van der Waals surface area contributed by atoms with Crippen LogP contribution in [0.3, 0.4) is 0 Å². The topological polar surface area (TPSA) is 90.9 Å². The fraction of sp³-hybridized carbons (Fsp3) is 0.111. The lowest BCUT2D eigenvalue weighted by Crippen LogP contribution is -2.15. The van der Waals surface area contributed by atoms with E-state index in [1.54, 1.807) is 24.3 Å². The molecule has 0 aliphatic rings. The van der Waals surface area contributed by atoms with Crippen molar-refractivity contribution in [3.63, 3.8) is 0 Å². The predicted molar refractivity (Wildman–Crippen MR) is 97.7 cm³/mol. The van der Waals surface area contributed by atoms with Gasteiger partial charge in [0.2, 0.25) is 0 Å². The number of carbonyl (C=O) groups excluding carboxylic acids is 1. The minimum atomic E-state index is -0.526. The summed E-state index contributed by atoms with van der Waals surface area (Å²) in [6.45, 7) is 3.77. The number of carbonyl (C=O) groups is 1. The van der Waals surface area contributed by atoms with Crippen LogP contribution in [0.15, 0.2) is 48.2 Å². The number of halogens is 1. The van der Waals surface area contributed by atoms with Crippen LogP contribution in [0.25, 0.3) is 0 Å². The average Bonchev–Trinajstić information content (AvgIpc) is 2.54. The second kappa shape index (κ2) is 7.53. The summed E-state index contributed by atoms with van der Waals surface area (Å²) in [4.78, 5) is 12.3. The number of nitrogens with two attached hydrogens (primary N) is 1. The Morgan fingerprint density at radius 3 is 2.67 bits per heavy atom. The highest BCUT2D eigenvalue weighted by Gasteiger charge is 2.11. The molecule has 2 aromatic carbocycles. The molecule has 2 rings (SSSR count). The first-order chi connectivity index (χ1) is 11.4. The van der Waals surface area contributed by atoms with Crippen molar-refractivity contribution in [1.82, 2.24) is 0 Å². The fourth-order valence-corrected chi connectivity index (χ4v) is 2.18. The number of hydrogen-bond acceptors (Lipinski definition) is 4. The lowest BCUT2D eigenvalue weighted by Gasteiger charge is -2.09. The van der Waals surface area contributed by atoms with Gasteiger partial charge in [0.25, 0.3) is 5.91 Å². The monoisotopic (exact) mass is 340 g/mol. The molecular weight excluding hydrogens is 324 g/mol. The first-order valence-electron chi connectivity index (χ1n) is 7.21. The Labute approximate surface area is 145 Å². The molecule has 2 aromatic rings. The molecule has 4 N–H and O–H groups in total. The molecule has 0 heterocycles. The smallest absolute Gasteiger partial charge is 0.267 e. The van der Waals surface area contributed by atoms with Gasteiger partial charge in [-0.1, -0.05) is 23.7 Å². The van der Waals surface area contributed by atoms with Crippen molar-refractivity contribution < 1.29 is 4.79 Å². The first kappa shape index (κ1) is 17.4. The number of anilines is 3. The number of amides is 1. The van der Waals surface area contributed by atoms with Gasteiger partial charge < -0.3 is 16.4 Å². The van der Waals surface area contributed by atoms with Gasteiger partial charge in [-0.15, -0.1) is 0 Å². The molecule has 24 heavy (non-hydrogen) atoms. The van der Waals surface area contributed by atoms with Crippen LogP contribution in [0.1, 0.15) is 11.1 Å². The van der Waals surface area contributed by atoms with E-state index in [0.29, 0.717) is 22.1 Å². The number of benzene rings is 2. The summed E-state index contributed by atoms with van der Waals surface area (Å²) < 4.78 is 0. The maximum Gasteiger partial charge on any atom is 0.267 e. The van der Waals surface area contributed by atoms with Crippen molar-refractivity contribution in [3.8, 4) is 6.07 Å². The summed E-state index contributed by atoms with van der Waals surface area (Å²) in [6.07, 6.45) is 1.33. The molecule has 0 saturated carbocycles. The Kier molecular flexibility index (Phi) is 5.46. The van der Waals surface area contributed by atoms with Gasteiger partial charge in [0, 0.05) is 16.9 Å². The summed E-state index contributed by atoms with van der Waals surface area (Å²) in [5.74, 6) is -0.526. The van der Waals surface area contributed by atoms with E-state index in [2.05, 4.69) is 10.6 Å². The maximum atomic E-state index is 12.3. The molecule has 0 saturated heterocycles. The summed E-state index contributed by atoms with van der Waals surface area (Å²) in [5, 5.41) is 15.3. The summed E-state index contributed by atoms with van der Waals surface area (Å²) in [6, 6.07) is 12.5. The zero-order chi connectivity index (χ0) is 17.7. The van der Waals surface area contributed by atoms with E-state index in [1.807, 2.05) is 32.0 Å². The third-order valence-electron chi connectivity index (χ3n) is 3.39. The van der Waals surface area contributed by atoms with E-state index in [-0.39, 0.29) is 5.57 Å². The van der Waals surface area contributed by atoms with Gasteiger partial charge in [0.1, 0.15) is 11.6 Å². The fourth-order valence-electron chi connectivity index (χ4n) is 2.01. The summed E-state index contributed by atoms with van der Waals surface area (Å²) in [5.41, 5.74) is 9.37. The molecule has 122 valence electrons. The lowest BCUT2D eigenvalue weighted by atomic mass is 10.2. The van der Waals surface area contributed by atoms with Gasteiger partial charge in [-0.3, -0.25) is 4.79 Å².